The van der Waals surface area contributed by atoms with E-state index in [0.29, 0.717) is 15.9 Å². The van der Waals surface area contributed by atoms with Crippen LogP contribution in [0.3, 0.4) is 0 Å². The number of allylic oxidation sites excluding steroid dienone is 1. The van der Waals surface area contributed by atoms with Crippen molar-refractivity contribution in [3.8, 4) is 0 Å². The average molecular weight is 222 g/mol. The molecule has 0 amide bonds. The Morgan fingerprint density at radius 1 is 1.25 bits per heavy atom. The van der Waals surface area contributed by atoms with Crippen LogP contribution in [-0.4, -0.2) is 5.88 Å². The first-order chi connectivity index (χ1) is 5.74. The van der Waals surface area contributed by atoms with E-state index >= 15 is 0 Å². The lowest BCUT2D eigenvalue weighted by atomic mass is 10.2. The summed E-state index contributed by atoms with van der Waals surface area (Å²) in [5.74, 6) is 0.475. The Bertz CT molecular complexity index is 292. The van der Waals surface area contributed by atoms with Gasteiger partial charge in [0.25, 0.3) is 0 Å². The van der Waals surface area contributed by atoms with Gasteiger partial charge in [-0.25, -0.2) is 0 Å². The zero-order valence-corrected chi connectivity index (χ0v) is 8.50. The largest absolute Gasteiger partial charge is 0.122 e. The molecule has 0 N–H and O–H groups in total. The maximum Gasteiger partial charge on any atom is 0.0479 e. The quantitative estimate of drug-likeness (QED) is 0.655. The van der Waals surface area contributed by atoms with Crippen molar-refractivity contribution in [2.45, 2.75) is 0 Å². The predicted octanol–water partition coefficient (Wildman–Crippen LogP) is 4.25. The van der Waals surface area contributed by atoms with Gasteiger partial charge in [-0.15, -0.1) is 11.6 Å². The summed E-state index contributed by atoms with van der Waals surface area (Å²) in [4.78, 5) is 0. The van der Waals surface area contributed by atoms with Gasteiger partial charge < -0.3 is 0 Å². The van der Waals surface area contributed by atoms with Crippen LogP contribution in [0.25, 0.3) is 6.08 Å². The molecule has 0 heterocycles. The number of halogens is 3. The van der Waals surface area contributed by atoms with Gasteiger partial charge in [0.05, 0.1) is 0 Å². The molecule has 0 saturated heterocycles. The summed E-state index contributed by atoms with van der Waals surface area (Å²) in [6.07, 6.45) is 3.67. The van der Waals surface area contributed by atoms with Crippen LogP contribution in [0.15, 0.2) is 24.3 Å². The number of hydrogen-bond acceptors (Lipinski definition) is 0. The number of alkyl halides is 1. The highest BCUT2D eigenvalue weighted by Gasteiger charge is 1.96. The maximum atomic E-state index is 5.88. The fraction of sp³-hybridized carbons (Fsp3) is 0.111. The van der Waals surface area contributed by atoms with E-state index in [2.05, 4.69) is 0 Å². The Kier molecular flexibility index (Phi) is 3.93. The van der Waals surface area contributed by atoms with Crippen molar-refractivity contribution in [1.82, 2.24) is 0 Å². The Morgan fingerprint density at radius 2 is 2.00 bits per heavy atom. The molecule has 1 aromatic rings. The molecule has 0 saturated carbocycles. The molecule has 0 bridgehead atoms. The first-order valence-corrected chi connectivity index (χ1v) is 4.70. The summed E-state index contributed by atoms with van der Waals surface area (Å²) < 4.78 is 0. The molecule has 0 unspecified atom stereocenters. The van der Waals surface area contributed by atoms with E-state index in [-0.39, 0.29) is 0 Å². The van der Waals surface area contributed by atoms with Crippen molar-refractivity contribution >= 4 is 40.9 Å². The summed E-state index contributed by atoms with van der Waals surface area (Å²) in [5, 5.41) is 1.36. The van der Waals surface area contributed by atoms with Gasteiger partial charge in [-0.2, -0.15) is 0 Å². The number of rotatable bonds is 2. The topological polar surface area (TPSA) is 0 Å². The molecule has 0 aliphatic carbocycles. The van der Waals surface area contributed by atoms with Crippen molar-refractivity contribution in [1.29, 1.82) is 0 Å². The second-order valence-corrected chi connectivity index (χ2v) is 3.37. The van der Waals surface area contributed by atoms with Gasteiger partial charge in [-0.05, 0) is 23.8 Å². The van der Waals surface area contributed by atoms with Crippen molar-refractivity contribution in [3.05, 3.63) is 39.9 Å². The van der Waals surface area contributed by atoms with E-state index < -0.39 is 0 Å². The third-order valence-electron chi connectivity index (χ3n) is 1.34. The van der Waals surface area contributed by atoms with E-state index in [1.165, 1.54) is 0 Å². The van der Waals surface area contributed by atoms with Crippen LogP contribution in [0, 0.1) is 0 Å². The van der Waals surface area contributed by atoms with Crippen molar-refractivity contribution in [2.75, 3.05) is 5.88 Å². The minimum absolute atomic E-state index is 0.475. The second-order valence-electron chi connectivity index (χ2n) is 2.22. The van der Waals surface area contributed by atoms with Crippen LogP contribution < -0.4 is 0 Å². The number of benzene rings is 1. The molecule has 0 aliphatic heterocycles. The van der Waals surface area contributed by atoms with Gasteiger partial charge in [-0.1, -0.05) is 35.4 Å². The van der Waals surface area contributed by atoms with Crippen LogP contribution in [0.5, 0.6) is 0 Å². The first-order valence-electron chi connectivity index (χ1n) is 3.41. The van der Waals surface area contributed by atoms with Gasteiger partial charge in [-0.3, -0.25) is 0 Å². The SMILES string of the molecule is ClCC=Cc1cc(Cl)ccc1Cl. The molecule has 12 heavy (non-hydrogen) atoms. The third kappa shape index (κ3) is 2.71. The van der Waals surface area contributed by atoms with Crippen molar-refractivity contribution < 1.29 is 0 Å². The minimum atomic E-state index is 0.475. The summed E-state index contributed by atoms with van der Waals surface area (Å²) in [6.45, 7) is 0. The summed E-state index contributed by atoms with van der Waals surface area (Å²) >= 11 is 17.1. The highest BCUT2D eigenvalue weighted by atomic mass is 35.5. The Balaban J connectivity index is 2.97. The van der Waals surface area contributed by atoms with Gasteiger partial charge in [0.2, 0.25) is 0 Å². The van der Waals surface area contributed by atoms with E-state index in [0.717, 1.165) is 5.56 Å². The van der Waals surface area contributed by atoms with Crippen molar-refractivity contribution in [3.63, 3.8) is 0 Å². The maximum absolute atomic E-state index is 5.88. The standard InChI is InChI=1S/C9H7Cl3/c10-5-1-2-7-6-8(11)3-4-9(7)12/h1-4,6H,5H2. The molecule has 0 atom stereocenters. The second kappa shape index (κ2) is 4.76. The molecule has 0 nitrogen and oxygen atoms in total. The fourth-order valence-corrected chi connectivity index (χ4v) is 1.26. The highest BCUT2D eigenvalue weighted by molar-refractivity contribution is 6.34. The van der Waals surface area contributed by atoms with Crippen molar-refractivity contribution in [2.24, 2.45) is 0 Å². The van der Waals surface area contributed by atoms with E-state index in [4.69, 9.17) is 34.8 Å². The molecule has 1 aromatic carbocycles. The zero-order valence-electron chi connectivity index (χ0n) is 6.23. The third-order valence-corrected chi connectivity index (χ3v) is 2.10. The monoisotopic (exact) mass is 220 g/mol. The molecule has 0 aromatic heterocycles. The molecule has 1 rings (SSSR count). The Morgan fingerprint density at radius 3 is 2.67 bits per heavy atom. The van der Waals surface area contributed by atoms with Gasteiger partial charge in [0.15, 0.2) is 0 Å². The summed E-state index contributed by atoms with van der Waals surface area (Å²) in [6, 6.07) is 5.31. The molecule has 0 radical (unpaired) electrons. The lowest BCUT2D eigenvalue weighted by Crippen LogP contribution is -1.75. The highest BCUT2D eigenvalue weighted by Crippen LogP contribution is 2.21. The molecule has 0 aliphatic rings. The Hall–Kier alpha value is -0.170. The van der Waals surface area contributed by atoms with Crippen LogP contribution in [-0.2, 0) is 0 Å². The van der Waals surface area contributed by atoms with Gasteiger partial charge >= 0.3 is 0 Å². The minimum Gasteiger partial charge on any atom is -0.122 e. The van der Waals surface area contributed by atoms with Crippen LogP contribution in [0.1, 0.15) is 5.56 Å². The molecule has 3 heteroatoms. The fourth-order valence-electron chi connectivity index (χ4n) is 0.814. The first kappa shape index (κ1) is 9.91. The Labute approximate surface area is 86.7 Å². The van der Waals surface area contributed by atoms with Gasteiger partial charge in [0.1, 0.15) is 0 Å². The van der Waals surface area contributed by atoms with Gasteiger partial charge in [0, 0.05) is 15.9 Å². The molecule has 0 fully saturated rings. The predicted molar refractivity (Wildman–Crippen MR) is 56.2 cm³/mol. The van der Waals surface area contributed by atoms with E-state index in [1.807, 2.05) is 12.2 Å². The van der Waals surface area contributed by atoms with Crippen LogP contribution in [0.4, 0.5) is 0 Å². The van der Waals surface area contributed by atoms with E-state index in [1.54, 1.807) is 18.2 Å². The molecular weight excluding hydrogens is 214 g/mol. The van der Waals surface area contributed by atoms with Crippen LogP contribution >= 0.6 is 34.8 Å². The normalized spacial score (nSPS) is 10.9. The zero-order chi connectivity index (χ0) is 8.97. The lowest BCUT2D eigenvalue weighted by Gasteiger charge is -1.97. The summed E-state index contributed by atoms with van der Waals surface area (Å²) in [7, 11) is 0. The van der Waals surface area contributed by atoms with Crippen LogP contribution in [0.2, 0.25) is 10.0 Å². The molecule has 0 spiro atoms. The smallest absolute Gasteiger partial charge is 0.0479 e. The summed E-state index contributed by atoms with van der Waals surface area (Å²) in [5.41, 5.74) is 0.893. The average Bonchev–Trinajstić information content (AvgIpc) is 2.07. The number of hydrogen-bond donors (Lipinski definition) is 0. The lowest BCUT2D eigenvalue weighted by molar-refractivity contribution is 1.64. The van der Waals surface area contributed by atoms with E-state index in [9.17, 15) is 0 Å². The molecule has 64 valence electrons. The molecular formula is C9H7Cl3.